The van der Waals surface area contributed by atoms with E-state index in [4.69, 9.17) is 0 Å². The first kappa shape index (κ1) is 9.65. The van der Waals surface area contributed by atoms with Crippen LogP contribution >= 0.6 is 15.9 Å². The molecule has 0 aromatic carbocycles. The van der Waals surface area contributed by atoms with Crippen LogP contribution in [0.15, 0.2) is 6.20 Å². The van der Waals surface area contributed by atoms with Crippen molar-refractivity contribution in [3.8, 4) is 0 Å². The number of hydrogen-bond donors (Lipinski definition) is 0. The van der Waals surface area contributed by atoms with Crippen LogP contribution in [0, 0.1) is 13.8 Å². The molecule has 0 aliphatic carbocycles. The van der Waals surface area contributed by atoms with Gasteiger partial charge in [0.15, 0.2) is 0 Å². The lowest BCUT2D eigenvalue weighted by Crippen LogP contribution is -2.04. The van der Waals surface area contributed by atoms with Gasteiger partial charge in [0.2, 0.25) is 0 Å². The molecule has 1 heterocycles. The molecule has 0 fully saturated rings. The van der Waals surface area contributed by atoms with Crippen molar-refractivity contribution >= 4 is 15.9 Å². The standard InChI is InChI=1S/C9H13BrN2/c1-6(10)4-9-8(3)11-5-7(2)12-9/h5-6H,4H2,1-3H3. The smallest absolute Gasteiger partial charge is 0.0630 e. The van der Waals surface area contributed by atoms with Gasteiger partial charge in [-0.15, -0.1) is 0 Å². The molecular weight excluding hydrogens is 216 g/mol. The van der Waals surface area contributed by atoms with Gasteiger partial charge in [0, 0.05) is 17.4 Å². The van der Waals surface area contributed by atoms with E-state index in [1.165, 1.54) is 0 Å². The first-order chi connectivity index (χ1) is 5.59. The number of halogens is 1. The summed E-state index contributed by atoms with van der Waals surface area (Å²) in [5.41, 5.74) is 3.12. The van der Waals surface area contributed by atoms with Gasteiger partial charge < -0.3 is 0 Å². The second kappa shape index (κ2) is 3.99. The fraction of sp³-hybridized carbons (Fsp3) is 0.556. The first-order valence-electron chi connectivity index (χ1n) is 4.03. The molecule has 1 aromatic heterocycles. The van der Waals surface area contributed by atoms with Crippen molar-refractivity contribution in [3.05, 3.63) is 23.3 Å². The molecule has 0 amide bonds. The monoisotopic (exact) mass is 228 g/mol. The van der Waals surface area contributed by atoms with Crippen molar-refractivity contribution in [3.63, 3.8) is 0 Å². The Labute approximate surface area is 81.6 Å². The zero-order chi connectivity index (χ0) is 9.14. The lowest BCUT2D eigenvalue weighted by atomic mass is 10.2. The molecule has 1 rings (SSSR count). The van der Waals surface area contributed by atoms with Crippen molar-refractivity contribution in [1.82, 2.24) is 9.97 Å². The summed E-state index contributed by atoms with van der Waals surface area (Å²) in [6, 6.07) is 0. The summed E-state index contributed by atoms with van der Waals surface area (Å²) in [6.45, 7) is 6.08. The average Bonchev–Trinajstić information content (AvgIpc) is 1.96. The van der Waals surface area contributed by atoms with E-state index in [2.05, 4.69) is 32.8 Å². The molecule has 0 radical (unpaired) electrons. The number of alkyl halides is 1. The molecule has 2 nitrogen and oxygen atoms in total. The van der Waals surface area contributed by atoms with Crippen LogP contribution in [0.25, 0.3) is 0 Å². The van der Waals surface area contributed by atoms with Crippen LogP contribution in [0.4, 0.5) is 0 Å². The number of nitrogens with zero attached hydrogens (tertiary/aromatic N) is 2. The highest BCUT2D eigenvalue weighted by atomic mass is 79.9. The Hall–Kier alpha value is -0.440. The van der Waals surface area contributed by atoms with Gasteiger partial charge in [-0.3, -0.25) is 9.97 Å². The lowest BCUT2D eigenvalue weighted by Gasteiger charge is -2.05. The molecule has 0 saturated carbocycles. The van der Waals surface area contributed by atoms with Crippen molar-refractivity contribution in [2.24, 2.45) is 0 Å². The molecule has 1 unspecified atom stereocenters. The van der Waals surface area contributed by atoms with Crippen LogP contribution in [-0.2, 0) is 6.42 Å². The van der Waals surface area contributed by atoms with Crippen LogP contribution in [-0.4, -0.2) is 14.8 Å². The van der Waals surface area contributed by atoms with Crippen molar-refractivity contribution in [2.45, 2.75) is 32.0 Å². The maximum Gasteiger partial charge on any atom is 0.0630 e. The molecule has 0 bridgehead atoms. The Bertz CT molecular complexity index is 271. The normalized spacial score (nSPS) is 13.0. The molecule has 0 N–H and O–H groups in total. The van der Waals surface area contributed by atoms with Crippen LogP contribution in [0.1, 0.15) is 24.0 Å². The third kappa shape index (κ3) is 2.55. The summed E-state index contributed by atoms with van der Waals surface area (Å²) >= 11 is 3.50. The van der Waals surface area contributed by atoms with Crippen molar-refractivity contribution in [2.75, 3.05) is 0 Å². The third-order valence-corrected chi connectivity index (χ3v) is 1.97. The number of aryl methyl sites for hydroxylation is 2. The van der Waals surface area contributed by atoms with Gasteiger partial charge in [-0.25, -0.2) is 0 Å². The predicted octanol–water partition coefficient (Wildman–Crippen LogP) is 2.42. The SMILES string of the molecule is Cc1cnc(C)c(CC(C)Br)n1. The fourth-order valence-electron chi connectivity index (χ4n) is 1.05. The lowest BCUT2D eigenvalue weighted by molar-refractivity contribution is 0.864. The van der Waals surface area contributed by atoms with Gasteiger partial charge in [0.1, 0.15) is 0 Å². The fourth-order valence-corrected chi connectivity index (χ4v) is 1.35. The molecule has 66 valence electrons. The van der Waals surface area contributed by atoms with Crippen molar-refractivity contribution < 1.29 is 0 Å². The van der Waals surface area contributed by atoms with Crippen LogP contribution in [0.2, 0.25) is 0 Å². The van der Waals surface area contributed by atoms with Gasteiger partial charge in [-0.05, 0) is 13.8 Å². The molecule has 0 aliphatic rings. The maximum atomic E-state index is 4.42. The van der Waals surface area contributed by atoms with Gasteiger partial charge in [-0.1, -0.05) is 22.9 Å². The van der Waals surface area contributed by atoms with E-state index in [0.717, 1.165) is 23.5 Å². The van der Waals surface area contributed by atoms with E-state index in [9.17, 15) is 0 Å². The highest BCUT2D eigenvalue weighted by Gasteiger charge is 2.04. The van der Waals surface area contributed by atoms with Gasteiger partial charge in [0.05, 0.1) is 17.1 Å². The van der Waals surface area contributed by atoms with E-state index < -0.39 is 0 Å². The van der Waals surface area contributed by atoms with Crippen LogP contribution in [0.3, 0.4) is 0 Å². The number of hydrogen-bond acceptors (Lipinski definition) is 2. The Morgan fingerprint density at radius 2 is 2.17 bits per heavy atom. The van der Waals surface area contributed by atoms with Gasteiger partial charge in [-0.2, -0.15) is 0 Å². The highest BCUT2D eigenvalue weighted by molar-refractivity contribution is 9.09. The van der Waals surface area contributed by atoms with Gasteiger partial charge in [0.25, 0.3) is 0 Å². The molecule has 1 aromatic rings. The second-order valence-corrected chi connectivity index (χ2v) is 4.59. The van der Waals surface area contributed by atoms with E-state index in [1.807, 2.05) is 13.8 Å². The molecule has 0 aliphatic heterocycles. The van der Waals surface area contributed by atoms with E-state index in [-0.39, 0.29) is 0 Å². The zero-order valence-corrected chi connectivity index (χ0v) is 9.22. The highest BCUT2D eigenvalue weighted by Crippen LogP contribution is 2.09. The summed E-state index contributed by atoms with van der Waals surface area (Å²) in [6.07, 6.45) is 2.75. The zero-order valence-electron chi connectivity index (χ0n) is 7.63. The van der Waals surface area contributed by atoms with Crippen molar-refractivity contribution in [1.29, 1.82) is 0 Å². The molecule has 0 spiro atoms. The summed E-state index contributed by atoms with van der Waals surface area (Å²) in [7, 11) is 0. The minimum atomic E-state index is 0.465. The largest absolute Gasteiger partial charge is 0.258 e. The summed E-state index contributed by atoms with van der Waals surface area (Å²) < 4.78 is 0. The summed E-state index contributed by atoms with van der Waals surface area (Å²) in [5.74, 6) is 0. The third-order valence-electron chi connectivity index (χ3n) is 1.65. The Kier molecular flexibility index (Phi) is 3.20. The Balaban J connectivity index is 2.90. The topological polar surface area (TPSA) is 25.8 Å². The summed E-state index contributed by atoms with van der Waals surface area (Å²) in [4.78, 5) is 9.13. The average molecular weight is 229 g/mol. The van der Waals surface area contributed by atoms with E-state index in [1.54, 1.807) is 6.20 Å². The Morgan fingerprint density at radius 3 is 2.75 bits per heavy atom. The summed E-state index contributed by atoms with van der Waals surface area (Å²) in [5, 5.41) is 0. The Morgan fingerprint density at radius 1 is 1.50 bits per heavy atom. The molecular formula is C9H13BrN2. The van der Waals surface area contributed by atoms with Gasteiger partial charge >= 0.3 is 0 Å². The quantitative estimate of drug-likeness (QED) is 0.728. The molecule has 1 atom stereocenters. The second-order valence-electron chi connectivity index (χ2n) is 3.03. The first-order valence-corrected chi connectivity index (χ1v) is 4.94. The van der Waals surface area contributed by atoms with Crippen LogP contribution < -0.4 is 0 Å². The molecule has 3 heteroatoms. The minimum absolute atomic E-state index is 0.465. The number of aromatic nitrogens is 2. The molecule has 12 heavy (non-hydrogen) atoms. The number of rotatable bonds is 2. The van der Waals surface area contributed by atoms with E-state index >= 15 is 0 Å². The van der Waals surface area contributed by atoms with Crippen LogP contribution in [0.5, 0.6) is 0 Å². The maximum absolute atomic E-state index is 4.42. The van der Waals surface area contributed by atoms with E-state index in [0.29, 0.717) is 4.83 Å². The molecule has 0 saturated heterocycles. The minimum Gasteiger partial charge on any atom is -0.258 e. The predicted molar refractivity (Wildman–Crippen MR) is 53.6 cm³/mol.